The molecule has 190 valence electrons. The molecule has 0 spiro atoms. The number of aromatic nitrogens is 6. The smallest absolute Gasteiger partial charge is 0.152 e. The first-order chi connectivity index (χ1) is 18.4. The highest BCUT2D eigenvalue weighted by Gasteiger charge is 2.02. The van der Waals surface area contributed by atoms with Gasteiger partial charge < -0.3 is 5.11 Å². The molecule has 0 saturated heterocycles. The fourth-order valence-electron chi connectivity index (χ4n) is 2.58. The third kappa shape index (κ3) is 11.3. The first-order valence-electron chi connectivity index (χ1n) is 10.2. The Morgan fingerprint density at radius 1 is 0.737 bits per heavy atom. The Morgan fingerprint density at radius 3 is 1.45 bits per heavy atom. The number of nitrogens with zero attached hydrogens (tertiary/aromatic N) is 8. The highest BCUT2D eigenvalue weighted by atomic mass is 80.0. The number of benzene rings is 2. The monoisotopic (exact) mass is 778 g/mol. The molecule has 0 atom stereocenters. The summed E-state index contributed by atoms with van der Waals surface area (Å²) in [4.78, 5) is 0. The summed E-state index contributed by atoms with van der Waals surface area (Å²) < 4.78 is 3.07. The average molecular weight is 782 g/mol. The second kappa shape index (κ2) is 17.6. The molecular formula is C24H15Br4N8OP. The molecule has 0 aliphatic rings. The normalized spacial score (nSPS) is 9.16. The maximum Gasteiger partial charge on any atom is 0.152 e. The summed E-state index contributed by atoms with van der Waals surface area (Å²) in [5.41, 5.74) is 4.68. The Bertz CT molecular complexity index is 1400. The van der Waals surface area contributed by atoms with E-state index in [4.69, 9.17) is 15.6 Å². The molecule has 0 aliphatic heterocycles. The Kier molecular flexibility index (Phi) is 14.5. The Balaban J connectivity index is 0.000000234. The molecule has 0 fully saturated rings. The summed E-state index contributed by atoms with van der Waals surface area (Å²) in [6.45, 7) is -0.133. The van der Waals surface area contributed by atoms with Gasteiger partial charge in [0, 0.05) is 28.3 Å². The van der Waals surface area contributed by atoms with Gasteiger partial charge in [0.2, 0.25) is 0 Å². The van der Waals surface area contributed by atoms with Gasteiger partial charge in [-0.25, -0.2) is 9.36 Å². The molecule has 1 N–H and O–H groups in total. The van der Waals surface area contributed by atoms with Crippen LogP contribution in [0.1, 0.15) is 22.5 Å². The molecule has 0 radical (unpaired) electrons. The summed E-state index contributed by atoms with van der Waals surface area (Å²) in [6.07, 6.45) is 3.50. The third-order valence-electron chi connectivity index (χ3n) is 4.17. The minimum absolute atomic E-state index is 0.133. The van der Waals surface area contributed by atoms with Crippen LogP contribution in [0.25, 0.3) is 11.4 Å². The molecule has 0 unspecified atom stereocenters. The molecule has 0 amide bonds. The van der Waals surface area contributed by atoms with Crippen molar-refractivity contribution in [2.45, 2.75) is 11.9 Å². The highest BCUT2D eigenvalue weighted by Crippen LogP contribution is 2.59. The minimum Gasteiger partial charge on any atom is -0.390 e. The van der Waals surface area contributed by atoms with Crippen molar-refractivity contribution in [3.63, 3.8) is 0 Å². The van der Waals surface area contributed by atoms with E-state index in [0.29, 0.717) is 11.0 Å². The molecule has 38 heavy (non-hydrogen) atoms. The van der Waals surface area contributed by atoms with Crippen molar-refractivity contribution in [3.8, 4) is 47.2 Å². The van der Waals surface area contributed by atoms with Crippen molar-refractivity contribution in [3.05, 3.63) is 83.4 Å². The minimum atomic E-state index is -0.183. The van der Waals surface area contributed by atoms with E-state index in [-0.39, 0.29) is 10.6 Å². The number of aliphatic hydroxyl groups excluding tert-OH is 1. The van der Waals surface area contributed by atoms with Crippen LogP contribution in [0.3, 0.4) is 0 Å². The van der Waals surface area contributed by atoms with Crippen LogP contribution in [0.2, 0.25) is 0 Å². The van der Waals surface area contributed by atoms with Crippen LogP contribution in [-0.4, -0.2) is 35.1 Å². The predicted molar refractivity (Wildman–Crippen MR) is 160 cm³/mol. The first kappa shape index (κ1) is 31.3. The second-order valence-corrected chi connectivity index (χ2v) is 22.5. The van der Waals surface area contributed by atoms with Crippen LogP contribution in [-0.2, 0) is 11.9 Å². The Labute approximate surface area is 253 Å². The number of rotatable bonds is 4. The van der Waals surface area contributed by atoms with Crippen LogP contribution in [0.4, 0.5) is 0 Å². The van der Waals surface area contributed by atoms with Crippen LogP contribution in [0, 0.1) is 46.3 Å². The van der Waals surface area contributed by atoms with Gasteiger partial charge in [-0.15, -0.1) is 10.2 Å². The molecule has 14 heteroatoms. The van der Waals surface area contributed by atoms with Crippen LogP contribution < -0.4 is 0 Å². The molecule has 2 aromatic carbocycles. The van der Waals surface area contributed by atoms with Crippen LogP contribution in [0.15, 0.2) is 60.9 Å². The first-order valence-corrected chi connectivity index (χ1v) is 18.7. The van der Waals surface area contributed by atoms with Crippen molar-refractivity contribution in [1.82, 2.24) is 30.0 Å². The molecule has 0 saturated carbocycles. The number of halogens is 4. The summed E-state index contributed by atoms with van der Waals surface area (Å²) in [7, 11) is 0. The fraction of sp³-hybridized carbons (Fsp3) is 0.0833. The summed E-state index contributed by atoms with van der Waals surface area (Å²) in [5, 5.41) is 41.8. The van der Waals surface area contributed by atoms with Gasteiger partial charge in [-0.2, -0.15) is 10.5 Å². The lowest BCUT2D eigenvalue weighted by atomic mass is 10.2. The van der Waals surface area contributed by atoms with Gasteiger partial charge in [0.15, 0.2) is 12.1 Å². The lowest BCUT2D eigenvalue weighted by molar-refractivity contribution is 0.276. The van der Waals surface area contributed by atoms with Crippen molar-refractivity contribution < 1.29 is 5.11 Å². The molecule has 0 aliphatic carbocycles. The lowest BCUT2D eigenvalue weighted by Gasteiger charge is -1.98. The van der Waals surface area contributed by atoms with E-state index in [2.05, 4.69) is 107 Å². The lowest BCUT2D eigenvalue weighted by Crippen LogP contribution is -1.94. The molecular weight excluding hydrogens is 767 g/mol. The van der Waals surface area contributed by atoms with Crippen molar-refractivity contribution in [2.75, 3.05) is 0 Å². The molecule has 2 heterocycles. The van der Waals surface area contributed by atoms with Gasteiger partial charge in [-0.05, 0) is 95.0 Å². The maximum atomic E-state index is 8.87. The van der Waals surface area contributed by atoms with Gasteiger partial charge in [0.05, 0.1) is 36.1 Å². The molecule has 0 bridgehead atoms. The van der Waals surface area contributed by atoms with E-state index in [1.54, 1.807) is 39.8 Å². The van der Waals surface area contributed by atoms with Gasteiger partial charge in [-0.1, -0.05) is 38.2 Å². The summed E-state index contributed by atoms with van der Waals surface area (Å²) in [6, 6.07) is 18.2. The summed E-state index contributed by atoms with van der Waals surface area (Å²) in [5.74, 6) is 10.1. The molecule has 2 aromatic heterocycles. The quantitative estimate of drug-likeness (QED) is 0.151. The summed E-state index contributed by atoms with van der Waals surface area (Å²) >= 11 is 12.8. The fourth-order valence-corrected chi connectivity index (χ4v) is 2.84. The Morgan fingerprint density at radius 2 is 1.13 bits per heavy atom. The molecule has 9 nitrogen and oxygen atoms in total. The predicted octanol–water partition coefficient (Wildman–Crippen LogP) is 6.07. The number of aliphatic hydroxyl groups is 1. The van der Waals surface area contributed by atoms with Gasteiger partial charge in [-0.3, -0.25) is 0 Å². The highest BCUT2D eigenvalue weighted by molar-refractivity contribution is 9.93. The van der Waals surface area contributed by atoms with Crippen molar-refractivity contribution in [2.24, 2.45) is 0 Å². The number of nitriles is 2. The molecule has 4 rings (SSSR count). The number of alkyl halides is 1. The van der Waals surface area contributed by atoms with Gasteiger partial charge in [0.1, 0.15) is 9.72 Å². The van der Waals surface area contributed by atoms with Crippen LogP contribution >= 0.6 is 66.4 Å². The van der Waals surface area contributed by atoms with Gasteiger partial charge in [0.25, 0.3) is 0 Å². The van der Waals surface area contributed by atoms with E-state index < -0.39 is 0 Å². The van der Waals surface area contributed by atoms with E-state index in [9.17, 15) is 0 Å². The van der Waals surface area contributed by atoms with Crippen molar-refractivity contribution in [1.29, 1.82) is 10.5 Å². The van der Waals surface area contributed by atoms with E-state index in [0.717, 1.165) is 28.2 Å². The average Bonchev–Trinajstić information content (AvgIpc) is 3.61. The largest absolute Gasteiger partial charge is 0.390 e. The zero-order valence-electron chi connectivity index (χ0n) is 19.2. The van der Waals surface area contributed by atoms with Crippen molar-refractivity contribution >= 4 is 66.4 Å². The Hall–Kier alpha value is -2.87. The number of hydrogen-bond acceptors (Lipinski definition) is 7. The van der Waals surface area contributed by atoms with Crippen LogP contribution in [0.5, 0.6) is 0 Å². The van der Waals surface area contributed by atoms with Gasteiger partial charge >= 0.3 is 0 Å². The topological polar surface area (TPSA) is 129 Å². The SMILES string of the molecule is BrP(Br)Br.N#CC#Cc1ccc(-n2cc(CBr)nn2)cc1.N#CC#Cc1ccc(-n2cc(CO)nn2)cc1. The molecule has 4 aromatic rings. The zero-order valence-corrected chi connectivity index (χ0v) is 26.4. The maximum absolute atomic E-state index is 8.87. The second-order valence-electron chi connectivity index (χ2n) is 6.61. The standard InChI is InChI=1S/C12H7BrN4.C12H8N4O.Br3P/c13-8-11-9-17(16-15-11)12-5-3-10(4-6-12)2-1-7-14;13-7-1-2-10-3-5-12(6-4-10)16-8-11(9-17)14-15-16;1-4(2)3/h3-6,9H,8H2;3-6,8,17H,9H2;. The number of hydrogen-bond donors (Lipinski definition) is 1. The van der Waals surface area contributed by atoms with E-state index in [1.807, 2.05) is 42.6 Å². The van der Waals surface area contributed by atoms with E-state index >= 15 is 0 Å². The zero-order chi connectivity index (χ0) is 27.8. The van der Waals surface area contributed by atoms with E-state index in [1.165, 1.54) is 0 Å². The third-order valence-corrected chi connectivity index (χ3v) is 4.74.